The average Bonchev–Trinajstić information content (AvgIpc) is 3.44. The summed E-state index contributed by atoms with van der Waals surface area (Å²) in [6, 6.07) is 21.5. The number of nitrogens with one attached hydrogen (secondary N) is 2. The normalized spacial score (nSPS) is 11.0. The summed E-state index contributed by atoms with van der Waals surface area (Å²) in [5.41, 5.74) is 5.11. The van der Waals surface area contributed by atoms with Gasteiger partial charge in [-0.3, -0.25) is 10.1 Å². The van der Waals surface area contributed by atoms with Crippen molar-refractivity contribution in [3.05, 3.63) is 77.9 Å². The fourth-order valence-electron chi connectivity index (χ4n) is 3.09. The maximum atomic E-state index is 12.4. The van der Waals surface area contributed by atoms with Crippen LogP contribution in [0.3, 0.4) is 0 Å². The first-order chi connectivity index (χ1) is 15.2. The number of rotatable bonds is 4. The van der Waals surface area contributed by atoms with Crippen LogP contribution in [0, 0.1) is 0 Å². The van der Waals surface area contributed by atoms with Crippen LogP contribution < -0.4 is 10.6 Å². The second-order valence-electron chi connectivity index (χ2n) is 6.79. The summed E-state index contributed by atoms with van der Waals surface area (Å²) in [5, 5.41) is 7.05. The molecular formula is C22H15N5OS3. The van der Waals surface area contributed by atoms with Gasteiger partial charge in [-0.1, -0.05) is 36.4 Å². The highest BCUT2D eigenvalue weighted by Crippen LogP contribution is 2.30. The Kier molecular flexibility index (Phi) is 5.37. The molecule has 1 amide bonds. The third-order valence-corrected chi connectivity index (χ3v) is 6.58. The Bertz CT molecular complexity index is 1370. The molecule has 0 radical (unpaired) electrons. The molecule has 0 aliphatic heterocycles. The molecule has 6 nitrogen and oxygen atoms in total. The van der Waals surface area contributed by atoms with E-state index < -0.39 is 0 Å². The van der Waals surface area contributed by atoms with Crippen LogP contribution in [0.5, 0.6) is 0 Å². The zero-order valence-corrected chi connectivity index (χ0v) is 18.5. The number of thiazole rings is 1. The molecule has 0 atom stereocenters. The number of para-hydroxylation sites is 1. The quantitative estimate of drug-likeness (QED) is 0.375. The molecule has 0 unspecified atom stereocenters. The van der Waals surface area contributed by atoms with Crippen molar-refractivity contribution < 1.29 is 4.79 Å². The minimum Gasteiger partial charge on any atom is -0.358 e. The smallest absolute Gasteiger partial charge is 0.257 e. The topological polar surface area (TPSA) is 79.8 Å². The first-order valence-electron chi connectivity index (χ1n) is 9.42. The number of amides is 1. The minimum atomic E-state index is -0.279. The predicted octanol–water partition coefficient (Wildman–Crippen LogP) is 4.77. The lowest BCUT2D eigenvalue weighted by Gasteiger charge is -2.10. The highest BCUT2D eigenvalue weighted by Gasteiger charge is 2.10. The van der Waals surface area contributed by atoms with E-state index in [1.165, 1.54) is 4.70 Å². The fraction of sp³-hybridized carbons (Fsp3) is 0.0455. The molecule has 152 valence electrons. The minimum absolute atomic E-state index is 0.275. The first kappa shape index (κ1) is 19.7. The monoisotopic (exact) mass is 461 g/mol. The van der Waals surface area contributed by atoms with Crippen LogP contribution in [0.2, 0.25) is 0 Å². The summed E-state index contributed by atoms with van der Waals surface area (Å²) in [7, 11) is 0. The lowest BCUT2D eigenvalue weighted by atomic mass is 10.1. The molecule has 3 aromatic carbocycles. The van der Waals surface area contributed by atoms with Crippen molar-refractivity contribution in [2.24, 2.45) is 0 Å². The van der Waals surface area contributed by atoms with Crippen LogP contribution in [0.25, 0.3) is 31.8 Å². The van der Waals surface area contributed by atoms with E-state index in [2.05, 4.69) is 25.4 Å². The molecule has 31 heavy (non-hydrogen) atoms. The molecule has 5 rings (SSSR count). The Morgan fingerprint density at radius 3 is 2.58 bits per heavy atom. The Balaban J connectivity index is 1.19. The van der Waals surface area contributed by atoms with Crippen molar-refractivity contribution in [2.75, 3.05) is 0 Å². The second kappa shape index (κ2) is 8.46. The van der Waals surface area contributed by atoms with Crippen LogP contribution in [0.15, 0.2) is 66.7 Å². The molecule has 2 heterocycles. The van der Waals surface area contributed by atoms with E-state index in [1.54, 1.807) is 29.5 Å². The van der Waals surface area contributed by atoms with Gasteiger partial charge in [-0.2, -0.15) is 8.75 Å². The highest BCUT2D eigenvalue weighted by atomic mass is 32.1. The van der Waals surface area contributed by atoms with Crippen molar-refractivity contribution in [3.8, 4) is 10.6 Å². The van der Waals surface area contributed by atoms with Gasteiger partial charge in [0.1, 0.15) is 16.0 Å². The SMILES string of the molecule is O=C(NC(=S)NCc1ccc(-c2nc3ccccc3s2)cc1)c1ccc2nsnc2c1. The van der Waals surface area contributed by atoms with Gasteiger partial charge in [0.15, 0.2) is 5.11 Å². The van der Waals surface area contributed by atoms with E-state index in [0.717, 1.165) is 38.9 Å². The number of hydrogen-bond acceptors (Lipinski definition) is 7. The third-order valence-electron chi connectivity index (χ3n) is 4.69. The molecule has 0 aliphatic carbocycles. The van der Waals surface area contributed by atoms with E-state index in [9.17, 15) is 4.79 Å². The van der Waals surface area contributed by atoms with Crippen molar-refractivity contribution in [3.63, 3.8) is 0 Å². The van der Waals surface area contributed by atoms with Crippen molar-refractivity contribution in [1.82, 2.24) is 24.4 Å². The maximum absolute atomic E-state index is 12.4. The van der Waals surface area contributed by atoms with Gasteiger partial charge in [-0.05, 0) is 48.1 Å². The van der Waals surface area contributed by atoms with Gasteiger partial charge in [0, 0.05) is 17.7 Å². The molecule has 2 aromatic heterocycles. The standard InChI is InChI=1S/C22H15N5OS3/c28-20(15-9-10-16-18(11-15)27-31-26-16)25-22(29)23-12-13-5-7-14(8-6-13)21-24-17-3-1-2-4-19(17)30-21/h1-11H,12H2,(H2,23,25,28,29). The van der Waals surface area contributed by atoms with Gasteiger partial charge < -0.3 is 5.32 Å². The lowest BCUT2D eigenvalue weighted by molar-refractivity contribution is 0.0976. The van der Waals surface area contributed by atoms with E-state index in [1.807, 2.05) is 42.5 Å². The van der Waals surface area contributed by atoms with E-state index >= 15 is 0 Å². The molecule has 9 heteroatoms. The van der Waals surface area contributed by atoms with E-state index in [-0.39, 0.29) is 11.0 Å². The Morgan fingerprint density at radius 2 is 1.74 bits per heavy atom. The molecule has 0 saturated carbocycles. The van der Waals surface area contributed by atoms with Gasteiger partial charge >= 0.3 is 0 Å². The molecule has 0 aliphatic rings. The molecule has 0 saturated heterocycles. The number of fused-ring (bicyclic) bond motifs is 2. The molecule has 0 bridgehead atoms. The summed E-state index contributed by atoms with van der Waals surface area (Å²) < 4.78 is 9.47. The Labute approximate surface area is 191 Å². The van der Waals surface area contributed by atoms with Crippen LogP contribution in [0.1, 0.15) is 15.9 Å². The average molecular weight is 462 g/mol. The summed E-state index contributed by atoms with van der Waals surface area (Å²) in [5.74, 6) is -0.279. The summed E-state index contributed by atoms with van der Waals surface area (Å²) in [4.78, 5) is 17.1. The zero-order chi connectivity index (χ0) is 21.2. The van der Waals surface area contributed by atoms with Gasteiger partial charge in [0.25, 0.3) is 5.91 Å². The molecule has 5 aromatic rings. The molecule has 0 fully saturated rings. The van der Waals surface area contributed by atoms with E-state index in [4.69, 9.17) is 17.2 Å². The summed E-state index contributed by atoms with van der Waals surface area (Å²) in [6.45, 7) is 0.508. The Hall–Kier alpha value is -3.27. The fourth-order valence-corrected chi connectivity index (χ4v) is 4.74. The van der Waals surface area contributed by atoms with Gasteiger partial charge in [0.05, 0.1) is 21.9 Å². The highest BCUT2D eigenvalue weighted by molar-refractivity contribution is 7.80. The Morgan fingerprint density at radius 1 is 0.935 bits per heavy atom. The lowest BCUT2D eigenvalue weighted by Crippen LogP contribution is -2.38. The van der Waals surface area contributed by atoms with Gasteiger partial charge in [-0.15, -0.1) is 11.3 Å². The largest absolute Gasteiger partial charge is 0.358 e. The van der Waals surface area contributed by atoms with Crippen LogP contribution >= 0.6 is 35.3 Å². The van der Waals surface area contributed by atoms with Crippen LogP contribution in [0.4, 0.5) is 0 Å². The summed E-state index contributed by atoms with van der Waals surface area (Å²) >= 11 is 8.07. The number of aromatic nitrogens is 3. The number of hydrogen-bond donors (Lipinski definition) is 2. The summed E-state index contributed by atoms with van der Waals surface area (Å²) in [6.07, 6.45) is 0. The van der Waals surface area contributed by atoms with E-state index in [0.29, 0.717) is 17.6 Å². The van der Waals surface area contributed by atoms with Gasteiger partial charge in [0.2, 0.25) is 0 Å². The predicted molar refractivity (Wildman–Crippen MR) is 129 cm³/mol. The van der Waals surface area contributed by atoms with Crippen LogP contribution in [-0.2, 0) is 6.54 Å². The van der Waals surface area contributed by atoms with Crippen LogP contribution in [-0.4, -0.2) is 24.8 Å². The molecule has 0 spiro atoms. The van der Waals surface area contributed by atoms with Crippen molar-refractivity contribution in [1.29, 1.82) is 0 Å². The first-order valence-corrected chi connectivity index (χ1v) is 11.4. The number of carbonyl (C=O) groups is 1. The number of nitrogens with zero attached hydrogens (tertiary/aromatic N) is 3. The zero-order valence-electron chi connectivity index (χ0n) is 16.0. The van der Waals surface area contributed by atoms with Crippen molar-refractivity contribution >= 4 is 67.6 Å². The van der Waals surface area contributed by atoms with Gasteiger partial charge in [-0.25, -0.2) is 4.98 Å². The number of benzene rings is 3. The number of carbonyl (C=O) groups excluding carboxylic acids is 1. The third kappa shape index (κ3) is 4.29. The maximum Gasteiger partial charge on any atom is 0.257 e. The molecule has 2 N–H and O–H groups in total. The number of thiocarbonyl (C=S) groups is 1. The van der Waals surface area contributed by atoms with Crippen molar-refractivity contribution in [2.45, 2.75) is 6.54 Å². The second-order valence-corrected chi connectivity index (χ2v) is 8.76. The molecular weight excluding hydrogens is 446 g/mol.